The van der Waals surface area contributed by atoms with Gasteiger partial charge >= 0.3 is 0 Å². The zero-order valence-electron chi connectivity index (χ0n) is 18.1. The summed E-state index contributed by atoms with van der Waals surface area (Å²) in [4.78, 5) is 35.0. The molecule has 0 bridgehead atoms. The lowest BCUT2D eigenvalue weighted by Gasteiger charge is -2.21. The van der Waals surface area contributed by atoms with Crippen LogP contribution in [-0.4, -0.2) is 39.1 Å². The lowest BCUT2D eigenvalue weighted by Crippen LogP contribution is -2.37. The molecular weight excluding hydrogens is 406 g/mol. The molecule has 1 atom stereocenters. The van der Waals surface area contributed by atoms with Crippen molar-refractivity contribution < 1.29 is 9.53 Å². The maximum atomic E-state index is 13.3. The van der Waals surface area contributed by atoms with E-state index in [1.807, 2.05) is 38.1 Å². The molecule has 8 heteroatoms. The topological polar surface area (TPSA) is 98.1 Å². The van der Waals surface area contributed by atoms with Crippen LogP contribution in [0.5, 0.6) is 5.75 Å². The fourth-order valence-electron chi connectivity index (χ4n) is 4.36. The van der Waals surface area contributed by atoms with Gasteiger partial charge in [0.1, 0.15) is 17.2 Å². The zero-order valence-corrected chi connectivity index (χ0v) is 18.1. The minimum absolute atomic E-state index is 0.143. The lowest BCUT2D eigenvalue weighted by atomic mass is 10.0. The first kappa shape index (κ1) is 20.4. The fourth-order valence-corrected chi connectivity index (χ4v) is 4.36. The third-order valence-electron chi connectivity index (χ3n) is 5.83. The Labute approximate surface area is 185 Å². The van der Waals surface area contributed by atoms with Gasteiger partial charge in [0.25, 0.3) is 11.5 Å². The zero-order chi connectivity index (χ0) is 22.3. The van der Waals surface area contributed by atoms with Gasteiger partial charge in [0.05, 0.1) is 17.3 Å². The van der Waals surface area contributed by atoms with E-state index in [4.69, 9.17) is 9.72 Å². The molecule has 32 heavy (non-hydrogen) atoms. The van der Waals surface area contributed by atoms with E-state index in [1.165, 1.54) is 6.07 Å². The van der Waals surface area contributed by atoms with E-state index in [1.54, 1.807) is 23.0 Å². The van der Waals surface area contributed by atoms with Crippen LogP contribution in [0.2, 0.25) is 0 Å². The normalized spacial score (nSPS) is 18.8. The van der Waals surface area contributed by atoms with Crippen molar-refractivity contribution in [3.05, 3.63) is 76.1 Å². The number of ether oxygens (including phenoxy) is 1. The highest BCUT2D eigenvalue weighted by atomic mass is 16.5. The number of rotatable bonds is 3. The predicted octanol–water partition coefficient (Wildman–Crippen LogP) is 2.09. The molecule has 2 aliphatic rings. The molecule has 1 amide bonds. The number of para-hydroxylation sites is 1. The summed E-state index contributed by atoms with van der Waals surface area (Å²) in [5.41, 5.74) is 2.40. The number of hydrogen-bond donors (Lipinski definition) is 2. The highest BCUT2D eigenvalue weighted by molar-refractivity contribution is 5.97. The smallest absolute Gasteiger partial charge is 0.255 e. The second kappa shape index (κ2) is 7.87. The summed E-state index contributed by atoms with van der Waals surface area (Å²) < 4.78 is 7.70. The van der Waals surface area contributed by atoms with Gasteiger partial charge < -0.3 is 15.4 Å². The van der Waals surface area contributed by atoms with E-state index >= 15 is 0 Å². The van der Waals surface area contributed by atoms with Crippen molar-refractivity contribution in [2.75, 3.05) is 13.1 Å². The van der Waals surface area contributed by atoms with Crippen molar-refractivity contribution >= 4 is 5.91 Å². The third kappa shape index (κ3) is 3.78. The minimum Gasteiger partial charge on any atom is -0.486 e. The molecule has 0 fully saturated rings. The van der Waals surface area contributed by atoms with Crippen molar-refractivity contribution in [1.82, 2.24) is 25.2 Å². The Hall–Kier alpha value is -3.52. The van der Waals surface area contributed by atoms with Gasteiger partial charge in [-0.2, -0.15) is 0 Å². The van der Waals surface area contributed by atoms with Crippen molar-refractivity contribution in [2.45, 2.75) is 38.5 Å². The summed E-state index contributed by atoms with van der Waals surface area (Å²) in [6.07, 6.45) is 4.08. The molecule has 3 aromatic rings. The molecule has 2 aromatic heterocycles. The van der Waals surface area contributed by atoms with Gasteiger partial charge in [0, 0.05) is 50.1 Å². The van der Waals surface area contributed by atoms with Gasteiger partial charge in [-0.3, -0.25) is 19.1 Å². The summed E-state index contributed by atoms with van der Waals surface area (Å²) in [6.45, 7) is 5.60. The molecule has 1 aromatic carbocycles. The molecular formula is C24H25N5O3. The first-order chi connectivity index (χ1) is 15.4. The number of fused-ring (bicyclic) bond motifs is 2. The molecule has 0 saturated carbocycles. The molecule has 1 unspecified atom stereocenters. The van der Waals surface area contributed by atoms with E-state index in [2.05, 4.69) is 15.6 Å². The minimum atomic E-state index is -0.468. The molecule has 2 N–H and O–H groups in total. The van der Waals surface area contributed by atoms with E-state index < -0.39 is 6.04 Å². The number of hydrogen-bond acceptors (Lipinski definition) is 6. The number of pyridine rings is 1. The van der Waals surface area contributed by atoms with Crippen LogP contribution in [-0.2, 0) is 13.0 Å². The van der Waals surface area contributed by atoms with E-state index in [9.17, 15) is 9.59 Å². The Morgan fingerprint density at radius 2 is 2.06 bits per heavy atom. The quantitative estimate of drug-likeness (QED) is 0.659. The van der Waals surface area contributed by atoms with Crippen molar-refractivity contribution in [2.24, 2.45) is 0 Å². The first-order valence-corrected chi connectivity index (χ1v) is 10.8. The average molecular weight is 431 g/mol. The molecule has 5 rings (SSSR count). The number of carbonyl (C=O) groups excluding carboxylic acids is 1. The van der Waals surface area contributed by atoms with Gasteiger partial charge in [-0.1, -0.05) is 12.1 Å². The summed E-state index contributed by atoms with van der Waals surface area (Å²) >= 11 is 0. The molecule has 0 radical (unpaired) electrons. The summed E-state index contributed by atoms with van der Waals surface area (Å²) in [7, 11) is 0. The number of benzene rings is 1. The van der Waals surface area contributed by atoms with Gasteiger partial charge in [-0.05, 0) is 37.6 Å². The molecule has 4 heterocycles. The number of carbonyl (C=O) groups is 1. The average Bonchev–Trinajstić information content (AvgIpc) is 2.96. The number of aromatic nitrogens is 3. The Kier molecular flexibility index (Phi) is 5.01. The summed E-state index contributed by atoms with van der Waals surface area (Å²) in [6, 6.07) is 10.3. The van der Waals surface area contributed by atoms with Crippen molar-refractivity contribution in [3.8, 4) is 17.0 Å². The number of nitrogens with zero attached hydrogens (tertiary/aromatic N) is 3. The molecule has 0 aliphatic carbocycles. The molecule has 0 spiro atoms. The Balaban J connectivity index is 1.50. The van der Waals surface area contributed by atoms with Crippen molar-refractivity contribution in [3.63, 3.8) is 0 Å². The highest BCUT2D eigenvalue weighted by Crippen LogP contribution is 2.37. The molecule has 2 aliphatic heterocycles. The summed E-state index contributed by atoms with van der Waals surface area (Å²) in [5, 5.41) is 6.38. The number of amides is 1. The predicted molar refractivity (Wildman–Crippen MR) is 120 cm³/mol. The molecule has 0 saturated heterocycles. The Morgan fingerprint density at radius 1 is 1.25 bits per heavy atom. The van der Waals surface area contributed by atoms with Crippen molar-refractivity contribution in [1.29, 1.82) is 0 Å². The SMILES string of the molecule is CC1(C)Cc2cccc(C(=O)NC3CNCCn4c3nc(-c3ccncc3)cc4=O)c2O1. The van der Waals surface area contributed by atoms with Crippen LogP contribution < -0.4 is 20.9 Å². The molecule has 164 valence electrons. The standard InChI is InChI=1S/C24H25N5O3/c1-24(2)13-16-4-3-5-17(21(16)32-24)23(31)28-19-14-26-10-11-29-20(30)12-18(27-22(19)29)15-6-8-25-9-7-15/h3-9,12,19,26H,10-11,13-14H2,1-2H3,(H,28,31). The first-order valence-electron chi connectivity index (χ1n) is 10.8. The second-order valence-corrected chi connectivity index (χ2v) is 8.79. The number of nitrogens with one attached hydrogen (secondary N) is 2. The van der Waals surface area contributed by atoms with Crippen LogP contribution in [0.25, 0.3) is 11.3 Å². The molecule has 8 nitrogen and oxygen atoms in total. The van der Waals surface area contributed by atoms with Gasteiger partial charge in [-0.25, -0.2) is 4.98 Å². The lowest BCUT2D eigenvalue weighted by molar-refractivity contribution is 0.0921. The Bertz CT molecular complexity index is 1240. The fraction of sp³-hybridized carbons (Fsp3) is 0.333. The highest BCUT2D eigenvalue weighted by Gasteiger charge is 2.34. The summed E-state index contributed by atoms with van der Waals surface area (Å²) in [5.74, 6) is 0.923. The van der Waals surface area contributed by atoms with Crippen LogP contribution in [0, 0.1) is 0 Å². The van der Waals surface area contributed by atoms with Gasteiger partial charge in [-0.15, -0.1) is 0 Å². The second-order valence-electron chi connectivity index (χ2n) is 8.79. The van der Waals surface area contributed by atoms with Crippen LogP contribution >= 0.6 is 0 Å². The van der Waals surface area contributed by atoms with Crippen LogP contribution in [0.3, 0.4) is 0 Å². The van der Waals surface area contributed by atoms with Gasteiger partial charge in [0.2, 0.25) is 0 Å². The Morgan fingerprint density at radius 3 is 2.88 bits per heavy atom. The monoisotopic (exact) mass is 431 g/mol. The maximum absolute atomic E-state index is 13.3. The van der Waals surface area contributed by atoms with Crippen LogP contribution in [0.15, 0.2) is 53.6 Å². The van der Waals surface area contributed by atoms with Crippen LogP contribution in [0.4, 0.5) is 0 Å². The van der Waals surface area contributed by atoms with E-state index in [0.717, 1.165) is 17.5 Å². The van der Waals surface area contributed by atoms with Crippen LogP contribution in [0.1, 0.15) is 41.6 Å². The maximum Gasteiger partial charge on any atom is 0.255 e. The van der Waals surface area contributed by atoms with Gasteiger partial charge in [0.15, 0.2) is 0 Å². The largest absolute Gasteiger partial charge is 0.486 e. The third-order valence-corrected chi connectivity index (χ3v) is 5.83. The van der Waals surface area contributed by atoms with E-state index in [0.29, 0.717) is 42.5 Å². The van der Waals surface area contributed by atoms with E-state index in [-0.39, 0.29) is 17.1 Å².